The van der Waals surface area contributed by atoms with Crippen molar-refractivity contribution in [1.82, 2.24) is 0 Å². The Hall–Kier alpha value is -0.610. The van der Waals surface area contributed by atoms with E-state index in [0.29, 0.717) is 13.2 Å². The van der Waals surface area contributed by atoms with Crippen LogP contribution in [0.2, 0.25) is 0 Å². The molecule has 0 aliphatic rings. The summed E-state index contributed by atoms with van der Waals surface area (Å²) < 4.78 is 15.5. The van der Waals surface area contributed by atoms with Crippen molar-refractivity contribution in [1.29, 1.82) is 0 Å². The van der Waals surface area contributed by atoms with Crippen LogP contribution in [-0.4, -0.2) is 31.6 Å². The molecule has 0 radical (unpaired) electrons. The minimum absolute atomic E-state index is 0.0964. The minimum atomic E-state index is -0.466. The quantitative estimate of drug-likeness (QED) is 0.462. The van der Waals surface area contributed by atoms with Crippen molar-refractivity contribution in [2.24, 2.45) is 0 Å². The van der Waals surface area contributed by atoms with E-state index in [9.17, 15) is 4.79 Å². The highest BCUT2D eigenvalue weighted by atomic mass is 16.7. The van der Waals surface area contributed by atoms with Gasteiger partial charge in [-0.15, -0.1) is 0 Å². The molecule has 2 unspecified atom stereocenters. The normalized spacial score (nSPS) is 14.7. The van der Waals surface area contributed by atoms with Gasteiger partial charge in [-0.25, -0.2) is 0 Å². The monoisotopic (exact) mass is 218 g/mol. The zero-order valence-corrected chi connectivity index (χ0v) is 10.1. The molecule has 4 heteroatoms. The molecule has 0 bridgehead atoms. The van der Waals surface area contributed by atoms with Crippen molar-refractivity contribution in [2.75, 3.05) is 13.2 Å². The van der Waals surface area contributed by atoms with Crippen LogP contribution in [0.25, 0.3) is 0 Å². The molecule has 4 nitrogen and oxygen atoms in total. The van der Waals surface area contributed by atoms with E-state index >= 15 is 0 Å². The van der Waals surface area contributed by atoms with Crippen LogP contribution in [0.1, 0.15) is 40.5 Å². The van der Waals surface area contributed by atoms with E-state index in [4.69, 9.17) is 14.2 Å². The van der Waals surface area contributed by atoms with E-state index < -0.39 is 6.29 Å². The summed E-state index contributed by atoms with van der Waals surface area (Å²) in [6.45, 7) is 8.69. The van der Waals surface area contributed by atoms with Gasteiger partial charge in [-0.2, -0.15) is 0 Å². The van der Waals surface area contributed by atoms with Crippen molar-refractivity contribution in [2.45, 2.75) is 52.9 Å². The van der Waals surface area contributed by atoms with Gasteiger partial charge in [-0.3, -0.25) is 4.79 Å². The number of rotatable bonds is 8. The first-order valence-electron chi connectivity index (χ1n) is 5.52. The van der Waals surface area contributed by atoms with Crippen molar-refractivity contribution in [3.63, 3.8) is 0 Å². The van der Waals surface area contributed by atoms with Crippen molar-refractivity contribution >= 4 is 5.97 Å². The van der Waals surface area contributed by atoms with Crippen LogP contribution in [0.15, 0.2) is 0 Å². The number of carbonyl (C=O) groups excluding carboxylic acids is 1. The van der Waals surface area contributed by atoms with Crippen LogP contribution >= 0.6 is 0 Å². The second-order valence-electron chi connectivity index (χ2n) is 3.40. The molecule has 0 rings (SSSR count). The third-order valence-electron chi connectivity index (χ3n) is 1.76. The number of hydrogen-bond acceptors (Lipinski definition) is 4. The third kappa shape index (κ3) is 8.39. The van der Waals surface area contributed by atoms with Gasteiger partial charge in [0, 0.05) is 6.61 Å². The fraction of sp³-hybridized carbons (Fsp3) is 0.909. The smallest absolute Gasteiger partial charge is 0.310 e. The molecule has 0 N–H and O–H groups in total. The fourth-order valence-electron chi connectivity index (χ4n) is 1.13. The second-order valence-corrected chi connectivity index (χ2v) is 3.40. The summed E-state index contributed by atoms with van der Waals surface area (Å²) in [4.78, 5) is 11.3. The van der Waals surface area contributed by atoms with E-state index in [1.54, 1.807) is 6.92 Å². The van der Waals surface area contributed by atoms with Crippen LogP contribution in [0.3, 0.4) is 0 Å². The lowest BCUT2D eigenvalue weighted by atomic mass is 10.3. The second kappa shape index (κ2) is 8.68. The fourth-order valence-corrected chi connectivity index (χ4v) is 1.13. The molecule has 0 amide bonds. The Balaban J connectivity index is 3.63. The Bertz CT molecular complexity index is 170. The first kappa shape index (κ1) is 14.4. The van der Waals surface area contributed by atoms with Gasteiger partial charge in [0.2, 0.25) is 0 Å². The van der Waals surface area contributed by atoms with Crippen molar-refractivity contribution < 1.29 is 19.0 Å². The zero-order chi connectivity index (χ0) is 11.7. The highest BCUT2D eigenvalue weighted by molar-refractivity contribution is 5.69. The number of hydrogen-bond donors (Lipinski definition) is 0. The Labute approximate surface area is 91.9 Å². The van der Waals surface area contributed by atoms with Crippen LogP contribution in [0.5, 0.6) is 0 Å². The summed E-state index contributed by atoms with van der Waals surface area (Å²) in [7, 11) is 0. The Morgan fingerprint density at radius 3 is 2.40 bits per heavy atom. The molecule has 0 saturated carbocycles. The molecule has 0 saturated heterocycles. The highest BCUT2D eigenvalue weighted by Crippen LogP contribution is 2.03. The number of carbonyl (C=O) groups is 1. The van der Waals surface area contributed by atoms with Gasteiger partial charge in [0.05, 0.1) is 19.1 Å². The molecule has 0 aromatic heterocycles. The van der Waals surface area contributed by atoms with E-state index in [1.807, 2.05) is 20.8 Å². The highest BCUT2D eigenvalue weighted by Gasteiger charge is 2.13. The average molecular weight is 218 g/mol. The molecule has 90 valence electrons. The van der Waals surface area contributed by atoms with Gasteiger partial charge >= 0.3 is 5.97 Å². The van der Waals surface area contributed by atoms with Crippen LogP contribution in [-0.2, 0) is 19.0 Å². The molecule has 0 heterocycles. The molecule has 0 aromatic carbocycles. The maximum atomic E-state index is 11.3. The van der Waals surface area contributed by atoms with Crippen LogP contribution in [0, 0.1) is 0 Å². The maximum absolute atomic E-state index is 11.3. The largest absolute Gasteiger partial charge is 0.436 e. The summed E-state index contributed by atoms with van der Waals surface area (Å²) in [5.74, 6) is -0.278. The summed E-state index contributed by atoms with van der Waals surface area (Å²) in [6, 6.07) is 0. The Morgan fingerprint density at radius 1 is 1.20 bits per heavy atom. The lowest BCUT2D eigenvalue weighted by Gasteiger charge is -2.15. The minimum Gasteiger partial charge on any atom is -0.436 e. The number of ether oxygens (including phenoxy) is 3. The maximum Gasteiger partial charge on any atom is 0.310 e. The summed E-state index contributed by atoms with van der Waals surface area (Å²) in [5, 5.41) is 0. The van der Waals surface area contributed by atoms with Gasteiger partial charge < -0.3 is 14.2 Å². The van der Waals surface area contributed by atoms with Gasteiger partial charge in [-0.05, 0) is 27.2 Å². The summed E-state index contributed by atoms with van der Waals surface area (Å²) in [5.41, 5.74) is 0. The predicted molar refractivity (Wildman–Crippen MR) is 57.5 cm³/mol. The first-order valence-corrected chi connectivity index (χ1v) is 5.52. The van der Waals surface area contributed by atoms with Gasteiger partial charge in [-0.1, -0.05) is 6.92 Å². The van der Waals surface area contributed by atoms with E-state index in [2.05, 4.69) is 0 Å². The average Bonchev–Trinajstić information content (AvgIpc) is 2.14. The summed E-state index contributed by atoms with van der Waals surface area (Å²) >= 11 is 0. The molecule has 0 aromatic rings. The van der Waals surface area contributed by atoms with E-state index in [0.717, 1.165) is 6.42 Å². The Kier molecular flexibility index (Phi) is 8.33. The van der Waals surface area contributed by atoms with E-state index in [1.165, 1.54) is 0 Å². The van der Waals surface area contributed by atoms with Crippen LogP contribution in [0.4, 0.5) is 0 Å². The zero-order valence-electron chi connectivity index (χ0n) is 10.1. The topological polar surface area (TPSA) is 44.8 Å². The molecule has 0 aliphatic carbocycles. The third-order valence-corrected chi connectivity index (χ3v) is 1.76. The molecule has 2 atom stereocenters. The molecular formula is C11H22O4. The van der Waals surface area contributed by atoms with Crippen molar-refractivity contribution in [3.05, 3.63) is 0 Å². The SMILES string of the molecule is CCCOC(C)OC(=O)CC(C)OCC. The van der Waals surface area contributed by atoms with Gasteiger partial charge in [0.1, 0.15) is 0 Å². The molecule has 0 aliphatic heterocycles. The lowest BCUT2D eigenvalue weighted by Crippen LogP contribution is -2.22. The molecule has 0 spiro atoms. The lowest BCUT2D eigenvalue weighted by molar-refractivity contribution is -0.177. The summed E-state index contributed by atoms with van der Waals surface area (Å²) in [6.07, 6.45) is 0.623. The van der Waals surface area contributed by atoms with Crippen molar-refractivity contribution in [3.8, 4) is 0 Å². The standard InChI is InChI=1S/C11H22O4/c1-5-7-14-10(4)15-11(12)8-9(3)13-6-2/h9-10H,5-8H2,1-4H3. The Morgan fingerprint density at radius 2 is 1.87 bits per heavy atom. The van der Waals surface area contributed by atoms with Gasteiger partial charge in [0.15, 0.2) is 6.29 Å². The van der Waals surface area contributed by atoms with Crippen LogP contribution < -0.4 is 0 Å². The number of esters is 1. The first-order chi connectivity index (χ1) is 7.10. The van der Waals surface area contributed by atoms with E-state index in [-0.39, 0.29) is 18.5 Å². The molecule has 0 fully saturated rings. The van der Waals surface area contributed by atoms with Gasteiger partial charge in [0.25, 0.3) is 0 Å². The molecular weight excluding hydrogens is 196 g/mol. The molecule has 15 heavy (non-hydrogen) atoms. The predicted octanol–water partition coefficient (Wildman–Crippen LogP) is 2.12.